The summed E-state index contributed by atoms with van der Waals surface area (Å²) >= 11 is 6.09. The van der Waals surface area contributed by atoms with E-state index in [1.54, 1.807) is 7.11 Å². The molecule has 0 spiro atoms. The molecule has 26 heavy (non-hydrogen) atoms. The summed E-state index contributed by atoms with van der Waals surface area (Å²) in [6.07, 6.45) is 1.77. The van der Waals surface area contributed by atoms with Gasteiger partial charge < -0.3 is 9.47 Å². The standard InChI is InChI=1S/C21H24ClNO3/c1-25-18-8-6-16(7-9-18)21(24)17-10-12-23(13-11-17)14-15-26-20-5-3-2-4-19(20)22/h2-9,17H,10-15H2,1H3. The maximum Gasteiger partial charge on any atom is 0.166 e. The Kier molecular flexibility index (Phi) is 6.53. The van der Waals surface area contributed by atoms with E-state index in [0.717, 1.165) is 49.5 Å². The van der Waals surface area contributed by atoms with Gasteiger partial charge in [0.2, 0.25) is 0 Å². The molecule has 0 saturated carbocycles. The summed E-state index contributed by atoms with van der Waals surface area (Å²) in [6, 6.07) is 14.9. The van der Waals surface area contributed by atoms with Crippen LogP contribution in [-0.4, -0.2) is 44.0 Å². The molecule has 2 aromatic rings. The molecule has 4 nitrogen and oxygen atoms in total. The number of likely N-dealkylation sites (tertiary alicyclic amines) is 1. The van der Waals surface area contributed by atoms with Crippen LogP contribution in [0.15, 0.2) is 48.5 Å². The Hall–Kier alpha value is -2.04. The summed E-state index contributed by atoms with van der Waals surface area (Å²) in [4.78, 5) is 15.0. The summed E-state index contributed by atoms with van der Waals surface area (Å²) < 4.78 is 10.9. The van der Waals surface area contributed by atoms with E-state index in [1.807, 2.05) is 48.5 Å². The predicted molar refractivity (Wildman–Crippen MR) is 103 cm³/mol. The maximum atomic E-state index is 12.6. The molecule has 0 amide bonds. The fourth-order valence-electron chi connectivity index (χ4n) is 3.26. The number of nitrogens with zero attached hydrogens (tertiary/aromatic N) is 1. The Bertz CT molecular complexity index is 724. The van der Waals surface area contributed by atoms with Crippen LogP contribution in [0.4, 0.5) is 0 Å². The highest BCUT2D eigenvalue weighted by molar-refractivity contribution is 6.32. The molecular weight excluding hydrogens is 350 g/mol. The Balaban J connectivity index is 1.43. The number of para-hydroxylation sites is 1. The second-order valence-electron chi connectivity index (χ2n) is 6.49. The van der Waals surface area contributed by atoms with Gasteiger partial charge in [-0.05, 0) is 62.3 Å². The molecule has 5 heteroatoms. The monoisotopic (exact) mass is 373 g/mol. The molecule has 0 N–H and O–H groups in total. The molecular formula is C21H24ClNO3. The Morgan fingerprint density at radius 1 is 1.12 bits per heavy atom. The molecule has 0 radical (unpaired) electrons. The largest absolute Gasteiger partial charge is 0.497 e. The first kappa shape index (κ1) is 18.7. The van der Waals surface area contributed by atoms with Crippen LogP contribution in [0.2, 0.25) is 5.02 Å². The van der Waals surface area contributed by atoms with Gasteiger partial charge in [0.25, 0.3) is 0 Å². The number of ether oxygens (including phenoxy) is 2. The van der Waals surface area contributed by atoms with Crippen LogP contribution < -0.4 is 9.47 Å². The number of piperidine rings is 1. The third-order valence-electron chi connectivity index (χ3n) is 4.83. The number of benzene rings is 2. The number of hydrogen-bond acceptors (Lipinski definition) is 4. The van der Waals surface area contributed by atoms with Crippen LogP contribution in [0.5, 0.6) is 11.5 Å². The minimum Gasteiger partial charge on any atom is -0.497 e. The first-order valence-corrected chi connectivity index (χ1v) is 9.33. The lowest BCUT2D eigenvalue weighted by Gasteiger charge is -2.31. The quantitative estimate of drug-likeness (QED) is 0.677. The Morgan fingerprint density at radius 2 is 1.81 bits per heavy atom. The van der Waals surface area contributed by atoms with Crippen molar-refractivity contribution >= 4 is 17.4 Å². The van der Waals surface area contributed by atoms with Gasteiger partial charge in [0.15, 0.2) is 5.78 Å². The fraction of sp³-hybridized carbons (Fsp3) is 0.381. The van der Waals surface area contributed by atoms with Crippen molar-refractivity contribution in [2.75, 3.05) is 33.4 Å². The van der Waals surface area contributed by atoms with E-state index < -0.39 is 0 Å². The lowest BCUT2D eigenvalue weighted by atomic mass is 9.89. The van der Waals surface area contributed by atoms with Crippen molar-refractivity contribution in [3.05, 3.63) is 59.1 Å². The summed E-state index contributed by atoms with van der Waals surface area (Å²) in [7, 11) is 1.63. The van der Waals surface area contributed by atoms with Gasteiger partial charge in [-0.2, -0.15) is 0 Å². The maximum absolute atomic E-state index is 12.6. The average molecular weight is 374 g/mol. The molecule has 138 valence electrons. The predicted octanol–water partition coefficient (Wildman–Crippen LogP) is 4.32. The average Bonchev–Trinajstić information content (AvgIpc) is 2.69. The molecule has 2 aromatic carbocycles. The minimum atomic E-state index is 0.101. The molecule has 0 aromatic heterocycles. The fourth-order valence-corrected chi connectivity index (χ4v) is 3.45. The van der Waals surface area contributed by atoms with Crippen molar-refractivity contribution in [3.63, 3.8) is 0 Å². The Labute approximate surface area is 159 Å². The number of ketones is 1. The molecule has 1 fully saturated rings. The van der Waals surface area contributed by atoms with E-state index in [-0.39, 0.29) is 11.7 Å². The molecule has 1 aliphatic rings. The van der Waals surface area contributed by atoms with Gasteiger partial charge in [0, 0.05) is 18.0 Å². The molecule has 3 rings (SSSR count). The number of hydrogen-bond donors (Lipinski definition) is 0. The van der Waals surface area contributed by atoms with Crippen LogP contribution in [-0.2, 0) is 0 Å². The second kappa shape index (κ2) is 9.06. The van der Waals surface area contributed by atoms with Gasteiger partial charge in [-0.1, -0.05) is 23.7 Å². The van der Waals surface area contributed by atoms with Crippen molar-refractivity contribution in [1.82, 2.24) is 4.90 Å². The van der Waals surface area contributed by atoms with Gasteiger partial charge in [0.1, 0.15) is 18.1 Å². The lowest BCUT2D eigenvalue weighted by Crippen LogP contribution is -2.38. The molecule has 0 aliphatic carbocycles. The highest BCUT2D eigenvalue weighted by atomic mass is 35.5. The van der Waals surface area contributed by atoms with Gasteiger partial charge in [-0.3, -0.25) is 9.69 Å². The zero-order valence-electron chi connectivity index (χ0n) is 15.0. The third-order valence-corrected chi connectivity index (χ3v) is 5.15. The number of rotatable bonds is 7. The van der Waals surface area contributed by atoms with Gasteiger partial charge in [-0.25, -0.2) is 0 Å². The van der Waals surface area contributed by atoms with Gasteiger partial charge in [-0.15, -0.1) is 0 Å². The van der Waals surface area contributed by atoms with E-state index in [0.29, 0.717) is 11.6 Å². The number of Topliss-reactive ketones (excluding diaryl/α,β-unsaturated/α-hetero) is 1. The first-order chi connectivity index (χ1) is 12.7. The smallest absolute Gasteiger partial charge is 0.166 e. The van der Waals surface area contributed by atoms with Crippen molar-refractivity contribution in [2.45, 2.75) is 12.8 Å². The topological polar surface area (TPSA) is 38.8 Å². The van der Waals surface area contributed by atoms with E-state index >= 15 is 0 Å². The molecule has 1 saturated heterocycles. The zero-order chi connectivity index (χ0) is 18.4. The first-order valence-electron chi connectivity index (χ1n) is 8.95. The molecule has 0 bridgehead atoms. The number of carbonyl (C=O) groups excluding carboxylic acids is 1. The molecule has 0 atom stereocenters. The zero-order valence-corrected chi connectivity index (χ0v) is 15.7. The van der Waals surface area contributed by atoms with E-state index in [9.17, 15) is 4.79 Å². The number of halogens is 1. The molecule has 0 unspecified atom stereocenters. The van der Waals surface area contributed by atoms with Crippen LogP contribution in [0.3, 0.4) is 0 Å². The van der Waals surface area contributed by atoms with Crippen LogP contribution >= 0.6 is 11.6 Å². The van der Waals surface area contributed by atoms with Gasteiger partial charge >= 0.3 is 0 Å². The van der Waals surface area contributed by atoms with Crippen LogP contribution in [0.25, 0.3) is 0 Å². The van der Waals surface area contributed by atoms with E-state index in [4.69, 9.17) is 21.1 Å². The Morgan fingerprint density at radius 3 is 2.46 bits per heavy atom. The van der Waals surface area contributed by atoms with Crippen LogP contribution in [0.1, 0.15) is 23.2 Å². The molecule has 1 aliphatic heterocycles. The number of carbonyl (C=O) groups is 1. The summed E-state index contributed by atoms with van der Waals surface area (Å²) in [5, 5.41) is 0.635. The van der Waals surface area contributed by atoms with Crippen molar-refractivity contribution in [1.29, 1.82) is 0 Å². The van der Waals surface area contributed by atoms with Gasteiger partial charge in [0.05, 0.1) is 12.1 Å². The SMILES string of the molecule is COc1ccc(C(=O)C2CCN(CCOc3ccccc3Cl)CC2)cc1. The van der Waals surface area contributed by atoms with Crippen molar-refractivity contribution in [2.24, 2.45) is 5.92 Å². The van der Waals surface area contributed by atoms with Crippen molar-refractivity contribution in [3.8, 4) is 11.5 Å². The molecule has 1 heterocycles. The van der Waals surface area contributed by atoms with Crippen LogP contribution in [0, 0.1) is 5.92 Å². The number of methoxy groups -OCH3 is 1. The third kappa shape index (κ3) is 4.77. The lowest BCUT2D eigenvalue weighted by molar-refractivity contribution is 0.0827. The summed E-state index contributed by atoms with van der Waals surface area (Å²) in [5.41, 5.74) is 0.770. The van der Waals surface area contributed by atoms with E-state index in [2.05, 4.69) is 4.90 Å². The van der Waals surface area contributed by atoms with Crippen molar-refractivity contribution < 1.29 is 14.3 Å². The normalized spacial score (nSPS) is 15.6. The van der Waals surface area contributed by atoms with E-state index in [1.165, 1.54) is 0 Å². The second-order valence-corrected chi connectivity index (χ2v) is 6.89. The summed E-state index contributed by atoms with van der Waals surface area (Å²) in [5.74, 6) is 1.83. The highest BCUT2D eigenvalue weighted by Gasteiger charge is 2.25. The minimum absolute atomic E-state index is 0.101. The highest BCUT2D eigenvalue weighted by Crippen LogP contribution is 2.24. The summed E-state index contributed by atoms with van der Waals surface area (Å²) in [6.45, 7) is 3.27.